The van der Waals surface area contributed by atoms with E-state index in [2.05, 4.69) is 16.2 Å². The van der Waals surface area contributed by atoms with Gasteiger partial charge >= 0.3 is 0 Å². The second-order valence-corrected chi connectivity index (χ2v) is 8.20. The summed E-state index contributed by atoms with van der Waals surface area (Å²) >= 11 is 6.09. The molecule has 0 bridgehead atoms. The van der Waals surface area contributed by atoms with Crippen molar-refractivity contribution in [2.75, 3.05) is 44.6 Å². The third-order valence-corrected chi connectivity index (χ3v) is 6.06. The van der Waals surface area contributed by atoms with Crippen LogP contribution in [0.5, 0.6) is 0 Å². The number of rotatable bonds is 5. The number of halogens is 2. The van der Waals surface area contributed by atoms with Crippen LogP contribution in [0.3, 0.4) is 0 Å². The molecule has 31 heavy (non-hydrogen) atoms. The molecule has 2 amide bonds. The molecule has 2 fully saturated rings. The first-order valence-electron chi connectivity index (χ1n) is 10.3. The topological polar surface area (TPSA) is 76.7 Å². The molecule has 164 valence electrons. The number of carbonyl (C=O) groups is 2. The van der Waals surface area contributed by atoms with Gasteiger partial charge in [0.2, 0.25) is 11.8 Å². The molecule has 0 aromatic heterocycles. The van der Waals surface area contributed by atoms with Crippen molar-refractivity contribution in [3.05, 3.63) is 64.9 Å². The maximum Gasteiger partial charge on any atom is 0.238 e. The lowest BCUT2D eigenvalue weighted by atomic mass is 9.93. The van der Waals surface area contributed by atoms with Crippen molar-refractivity contribution in [1.82, 2.24) is 20.7 Å². The number of anilines is 1. The van der Waals surface area contributed by atoms with E-state index in [1.807, 2.05) is 21.9 Å². The molecule has 9 heteroatoms. The summed E-state index contributed by atoms with van der Waals surface area (Å²) < 4.78 is 13.2. The summed E-state index contributed by atoms with van der Waals surface area (Å²) in [5, 5.41) is 3.33. The fraction of sp³-hybridized carbons (Fsp3) is 0.364. The Bertz CT molecular complexity index is 934. The van der Waals surface area contributed by atoms with Gasteiger partial charge < -0.3 is 10.2 Å². The monoisotopic (exact) mass is 445 g/mol. The van der Waals surface area contributed by atoms with Crippen LogP contribution >= 0.6 is 11.6 Å². The molecule has 2 aliphatic heterocycles. The zero-order chi connectivity index (χ0) is 21.8. The Morgan fingerprint density at radius 2 is 1.77 bits per heavy atom. The third kappa shape index (κ3) is 5.22. The van der Waals surface area contributed by atoms with Crippen molar-refractivity contribution in [1.29, 1.82) is 0 Å². The second kappa shape index (κ2) is 9.74. The zero-order valence-electron chi connectivity index (χ0n) is 17.0. The molecule has 0 spiro atoms. The number of nitrogens with zero attached hydrogens (tertiary/aromatic N) is 2. The highest BCUT2D eigenvalue weighted by molar-refractivity contribution is 6.33. The molecule has 2 unspecified atom stereocenters. The maximum absolute atomic E-state index is 13.2. The molecule has 2 saturated heterocycles. The number of carbonyl (C=O) groups excluding carboxylic acids is 2. The van der Waals surface area contributed by atoms with Crippen LogP contribution in [-0.4, -0.2) is 60.9 Å². The van der Waals surface area contributed by atoms with Crippen LogP contribution in [0.2, 0.25) is 5.02 Å². The van der Waals surface area contributed by atoms with Gasteiger partial charge in [0, 0.05) is 32.7 Å². The Labute approximate surface area is 185 Å². The summed E-state index contributed by atoms with van der Waals surface area (Å²) in [6.07, 6.45) is 0. The minimum absolute atomic E-state index is 0.0620. The van der Waals surface area contributed by atoms with Crippen molar-refractivity contribution in [3.63, 3.8) is 0 Å². The van der Waals surface area contributed by atoms with E-state index in [9.17, 15) is 14.0 Å². The number of nitrogens with one attached hydrogen (secondary N) is 3. The average molecular weight is 446 g/mol. The van der Waals surface area contributed by atoms with Gasteiger partial charge in [0.15, 0.2) is 0 Å². The Hall–Kier alpha value is -2.52. The molecule has 4 rings (SSSR count). The van der Waals surface area contributed by atoms with Crippen LogP contribution in [0, 0.1) is 11.7 Å². The van der Waals surface area contributed by atoms with E-state index in [4.69, 9.17) is 11.6 Å². The fourth-order valence-corrected chi connectivity index (χ4v) is 4.21. The fourth-order valence-electron chi connectivity index (χ4n) is 4.03. The van der Waals surface area contributed by atoms with Gasteiger partial charge in [-0.1, -0.05) is 35.9 Å². The summed E-state index contributed by atoms with van der Waals surface area (Å²) in [4.78, 5) is 29.3. The molecule has 0 radical (unpaired) electrons. The molecular weight excluding hydrogens is 421 g/mol. The van der Waals surface area contributed by atoms with Crippen molar-refractivity contribution in [2.45, 2.75) is 6.04 Å². The molecule has 2 heterocycles. The molecule has 2 atom stereocenters. The Morgan fingerprint density at radius 3 is 2.48 bits per heavy atom. The highest BCUT2D eigenvalue weighted by atomic mass is 35.5. The lowest BCUT2D eigenvalue weighted by Gasteiger charge is -2.36. The van der Waals surface area contributed by atoms with Gasteiger partial charge in [0.1, 0.15) is 5.82 Å². The smallest absolute Gasteiger partial charge is 0.238 e. The van der Waals surface area contributed by atoms with Crippen molar-refractivity contribution < 1.29 is 14.0 Å². The van der Waals surface area contributed by atoms with Crippen LogP contribution in [-0.2, 0) is 9.59 Å². The Balaban J connectivity index is 1.29. The van der Waals surface area contributed by atoms with Gasteiger partial charge in [-0.05, 0) is 29.8 Å². The second-order valence-electron chi connectivity index (χ2n) is 7.79. The summed E-state index contributed by atoms with van der Waals surface area (Å²) in [5.41, 5.74) is 7.65. The number of piperazine rings is 1. The van der Waals surface area contributed by atoms with Gasteiger partial charge in [0.05, 0.1) is 29.2 Å². The van der Waals surface area contributed by atoms with E-state index in [-0.39, 0.29) is 36.1 Å². The largest absolute Gasteiger partial charge is 0.340 e. The van der Waals surface area contributed by atoms with E-state index in [0.29, 0.717) is 43.4 Å². The normalized spacial score (nSPS) is 21.8. The van der Waals surface area contributed by atoms with E-state index in [1.54, 1.807) is 24.3 Å². The minimum Gasteiger partial charge on any atom is -0.340 e. The van der Waals surface area contributed by atoms with Crippen LogP contribution in [0.4, 0.5) is 10.1 Å². The standard InChI is InChI=1S/C22H25ClFN5O2/c23-18-3-1-2-4-19(18)26-20(30)14-28-9-11-29(12-10-28)22(31)17-13-25-27-21(17)15-5-7-16(24)8-6-15/h1-8,17,21,25,27H,9-14H2,(H,26,30). The highest BCUT2D eigenvalue weighted by Crippen LogP contribution is 2.27. The van der Waals surface area contributed by atoms with Gasteiger partial charge in [-0.3, -0.25) is 19.9 Å². The molecule has 0 saturated carbocycles. The molecule has 2 aromatic carbocycles. The van der Waals surface area contributed by atoms with Gasteiger partial charge in [0.25, 0.3) is 0 Å². The van der Waals surface area contributed by atoms with E-state index < -0.39 is 0 Å². The summed E-state index contributed by atoms with van der Waals surface area (Å²) in [6, 6.07) is 13.1. The van der Waals surface area contributed by atoms with Crippen LogP contribution < -0.4 is 16.2 Å². The zero-order valence-corrected chi connectivity index (χ0v) is 17.7. The van der Waals surface area contributed by atoms with Gasteiger partial charge in [-0.25, -0.2) is 9.82 Å². The lowest BCUT2D eigenvalue weighted by Crippen LogP contribution is -2.52. The quantitative estimate of drug-likeness (QED) is 0.656. The van der Waals surface area contributed by atoms with Gasteiger partial charge in [-0.2, -0.15) is 0 Å². The highest BCUT2D eigenvalue weighted by Gasteiger charge is 2.37. The summed E-state index contributed by atoms with van der Waals surface area (Å²) in [6.45, 7) is 3.13. The van der Waals surface area contributed by atoms with Crippen molar-refractivity contribution in [3.8, 4) is 0 Å². The van der Waals surface area contributed by atoms with E-state index in [1.165, 1.54) is 12.1 Å². The number of hydrogen-bond acceptors (Lipinski definition) is 5. The molecule has 7 nitrogen and oxygen atoms in total. The van der Waals surface area contributed by atoms with Crippen LogP contribution in [0.25, 0.3) is 0 Å². The first-order valence-corrected chi connectivity index (χ1v) is 10.7. The third-order valence-electron chi connectivity index (χ3n) is 5.73. The number of benzene rings is 2. The van der Waals surface area contributed by atoms with Crippen LogP contribution in [0.1, 0.15) is 11.6 Å². The lowest BCUT2D eigenvalue weighted by molar-refractivity contribution is -0.137. The molecular formula is C22H25ClFN5O2. The first-order chi connectivity index (χ1) is 15.0. The maximum atomic E-state index is 13.2. The molecule has 3 N–H and O–H groups in total. The summed E-state index contributed by atoms with van der Waals surface area (Å²) in [5.74, 6) is -0.631. The molecule has 2 aliphatic rings. The van der Waals surface area contributed by atoms with Crippen LogP contribution in [0.15, 0.2) is 48.5 Å². The Morgan fingerprint density at radius 1 is 1.06 bits per heavy atom. The van der Waals surface area contributed by atoms with E-state index >= 15 is 0 Å². The first kappa shape index (κ1) is 21.7. The predicted octanol–water partition coefficient (Wildman–Crippen LogP) is 2.03. The van der Waals surface area contributed by atoms with Crippen molar-refractivity contribution >= 4 is 29.1 Å². The number of amides is 2. The average Bonchev–Trinajstić information content (AvgIpc) is 3.26. The SMILES string of the molecule is O=C(CN1CCN(C(=O)C2CNNC2c2ccc(F)cc2)CC1)Nc1ccccc1Cl. The van der Waals surface area contributed by atoms with Gasteiger partial charge in [-0.15, -0.1) is 0 Å². The number of para-hydroxylation sites is 1. The Kier molecular flexibility index (Phi) is 6.82. The minimum atomic E-state index is -0.299. The van der Waals surface area contributed by atoms with Crippen molar-refractivity contribution in [2.24, 2.45) is 5.92 Å². The predicted molar refractivity (Wildman–Crippen MR) is 117 cm³/mol. The van der Waals surface area contributed by atoms with E-state index in [0.717, 1.165) is 5.56 Å². The molecule has 2 aromatic rings. The molecule has 0 aliphatic carbocycles. The number of hydrogen-bond donors (Lipinski definition) is 3. The summed E-state index contributed by atoms with van der Waals surface area (Å²) in [7, 11) is 0. The number of hydrazine groups is 1.